The van der Waals surface area contributed by atoms with Gasteiger partial charge in [-0.15, -0.1) is 11.3 Å². The van der Waals surface area contributed by atoms with Crippen LogP contribution in [0.4, 0.5) is 0 Å². The first-order valence-electron chi connectivity index (χ1n) is 6.29. The van der Waals surface area contributed by atoms with Crippen LogP contribution in [-0.4, -0.2) is 43.4 Å². The molecular weight excluding hydrogens is 234 g/mol. The summed E-state index contributed by atoms with van der Waals surface area (Å²) in [4.78, 5) is 4.02. The van der Waals surface area contributed by atoms with Crippen molar-refractivity contribution in [2.45, 2.75) is 37.6 Å². The standard InChI is InChI=1S/C13H19NO2S/c1-15-12-5-4-11-13(12)16-7-6-14(11)9-10-3-2-8-17-10/h2-3,8,11-13H,4-7,9H2,1H3/t11-,12-,13+/m0/s1. The van der Waals surface area contributed by atoms with Gasteiger partial charge in [0.15, 0.2) is 0 Å². The van der Waals surface area contributed by atoms with Gasteiger partial charge in [-0.2, -0.15) is 0 Å². The molecule has 3 nitrogen and oxygen atoms in total. The van der Waals surface area contributed by atoms with Crippen LogP contribution in [0.25, 0.3) is 0 Å². The van der Waals surface area contributed by atoms with E-state index < -0.39 is 0 Å². The molecule has 3 rings (SSSR count). The van der Waals surface area contributed by atoms with Crippen LogP contribution in [0, 0.1) is 0 Å². The van der Waals surface area contributed by atoms with Crippen molar-refractivity contribution in [3.05, 3.63) is 22.4 Å². The molecule has 2 fully saturated rings. The third kappa shape index (κ3) is 2.27. The van der Waals surface area contributed by atoms with Crippen LogP contribution in [0.15, 0.2) is 17.5 Å². The van der Waals surface area contributed by atoms with Crippen molar-refractivity contribution in [1.82, 2.24) is 4.90 Å². The minimum Gasteiger partial charge on any atom is -0.379 e. The number of hydrogen-bond donors (Lipinski definition) is 0. The van der Waals surface area contributed by atoms with Gasteiger partial charge in [-0.3, -0.25) is 4.90 Å². The number of nitrogens with zero attached hydrogens (tertiary/aromatic N) is 1. The van der Waals surface area contributed by atoms with Crippen molar-refractivity contribution < 1.29 is 9.47 Å². The predicted molar refractivity (Wildman–Crippen MR) is 68.3 cm³/mol. The fourth-order valence-corrected chi connectivity index (χ4v) is 3.77. The van der Waals surface area contributed by atoms with E-state index in [0.717, 1.165) is 26.1 Å². The topological polar surface area (TPSA) is 21.7 Å². The summed E-state index contributed by atoms with van der Waals surface area (Å²) in [5.74, 6) is 0. The Labute approximate surface area is 106 Å². The van der Waals surface area contributed by atoms with Gasteiger partial charge in [0.25, 0.3) is 0 Å². The number of fused-ring (bicyclic) bond motifs is 1. The smallest absolute Gasteiger partial charge is 0.0991 e. The van der Waals surface area contributed by atoms with Gasteiger partial charge >= 0.3 is 0 Å². The van der Waals surface area contributed by atoms with Gasteiger partial charge in [0.1, 0.15) is 0 Å². The number of hydrogen-bond acceptors (Lipinski definition) is 4. The maximum atomic E-state index is 5.89. The molecule has 94 valence electrons. The monoisotopic (exact) mass is 253 g/mol. The fourth-order valence-electron chi connectivity index (χ4n) is 3.04. The van der Waals surface area contributed by atoms with Crippen molar-refractivity contribution in [2.24, 2.45) is 0 Å². The minimum absolute atomic E-state index is 0.286. The highest BCUT2D eigenvalue weighted by atomic mass is 32.1. The molecule has 1 aliphatic heterocycles. The number of rotatable bonds is 3. The molecule has 0 bridgehead atoms. The van der Waals surface area contributed by atoms with E-state index in [-0.39, 0.29) is 6.10 Å². The van der Waals surface area contributed by atoms with Crippen LogP contribution < -0.4 is 0 Å². The van der Waals surface area contributed by atoms with Gasteiger partial charge in [0.2, 0.25) is 0 Å². The second kappa shape index (κ2) is 5.06. The van der Waals surface area contributed by atoms with Crippen LogP contribution in [0.3, 0.4) is 0 Å². The molecule has 1 aromatic heterocycles. The summed E-state index contributed by atoms with van der Waals surface area (Å²) in [6, 6.07) is 4.90. The summed E-state index contributed by atoms with van der Waals surface area (Å²) in [6.07, 6.45) is 2.92. The summed E-state index contributed by atoms with van der Waals surface area (Å²) in [6.45, 7) is 2.96. The van der Waals surface area contributed by atoms with Crippen molar-refractivity contribution in [1.29, 1.82) is 0 Å². The van der Waals surface area contributed by atoms with E-state index in [1.165, 1.54) is 11.3 Å². The minimum atomic E-state index is 0.286. The van der Waals surface area contributed by atoms with E-state index in [0.29, 0.717) is 12.1 Å². The lowest BCUT2D eigenvalue weighted by atomic mass is 10.1. The molecule has 0 unspecified atom stereocenters. The van der Waals surface area contributed by atoms with Crippen LogP contribution in [0.2, 0.25) is 0 Å². The molecule has 1 saturated carbocycles. The van der Waals surface area contributed by atoms with Gasteiger partial charge in [0.05, 0.1) is 18.8 Å². The largest absolute Gasteiger partial charge is 0.379 e. The van der Waals surface area contributed by atoms with Gasteiger partial charge in [-0.1, -0.05) is 6.07 Å². The molecule has 0 spiro atoms. The number of methoxy groups -OCH3 is 1. The molecule has 3 atom stereocenters. The van der Waals surface area contributed by atoms with E-state index in [1.54, 1.807) is 7.11 Å². The van der Waals surface area contributed by atoms with Crippen LogP contribution in [0.5, 0.6) is 0 Å². The zero-order valence-electron chi connectivity index (χ0n) is 10.2. The highest BCUT2D eigenvalue weighted by Gasteiger charge is 2.42. The lowest BCUT2D eigenvalue weighted by molar-refractivity contribution is -0.106. The molecule has 0 radical (unpaired) electrons. The second-order valence-electron chi connectivity index (χ2n) is 4.80. The average molecular weight is 253 g/mol. The fraction of sp³-hybridized carbons (Fsp3) is 0.692. The summed E-state index contributed by atoms with van der Waals surface area (Å²) in [5.41, 5.74) is 0. The quantitative estimate of drug-likeness (QED) is 0.823. The number of thiophene rings is 1. The maximum absolute atomic E-state index is 5.89. The molecule has 17 heavy (non-hydrogen) atoms. The van der Waals surface area contributed by atoms with Crippen molar-refractivity contribution in [2.75, 3.05) is 20.3 Å². The van der Waals surface area contributed by atoms with Crippen LogP contribution >= 0.6 is 11.3 Å². The molecule has 0 amide bonds. The normalized spacial score (nSPS) is 33.8. The Morgan fingerprint density at radius 3 is 3.24 bits per heavy atom. The Bertz CT molecular complexity index is 354. The Morgan fingerprint density at radius 1 is 1.53 bits per heavy atom. The summed E-state index contributed by atoms with van der Waals surface area (Å²) >= 11 is 1.84. The van der Waals surface area contributed by atoms with Crippen molar-refractivity contribution in [3.8, 4) is 0 Å². The average Bonchev–Trinajstić information content (AvgIpc) is 2.97. The summed E-state index contributed by atoms with van der Waals surface area (Å²) in [7, 11) is 1.80. The van der Waals surface area contributed by atoms with Gasteiger partial charge in [0, 0.05) is 31.1 Å². The van der Waals surface area contributed by atoms with Gasteiger partial charge < -0.3 is 9.47 Å². The lowest BCUT2D eigenvalue weighted by Gasteiger charge is -2.38. The lowest BCUT2D eigenvalue weighted by Crippen LogP contribution is -2.50. The zero-order valence-corrected chi connectivity index (χ0v) is 11.0. The molecule has 1 saturated heterocycles. The number of ether oxygens (including phenoxy) is 2. The number of morpholine rings is 1. The molecule has 2 aliphatic rings. The van der Waals surface area contributed by atoms with E-state index in [4.69, 9.17) is 9.47 Å². The second-order valence-corrected chi connectivity index (χ2v) is 5.84. The van der Waals surface area contributed by atoms with E-state index >= 15 is 0 Å². The van der Waals surface area contributed by atoms with Crippen LogP contribution in [-0.2, 0) is 16.0 Å². The third-order valence-electron chi connectivity index (χ3n) is 3.89. The van der Waals surface area contributed by atoms with Gasteiger partial charge in [-0.25, -0.2) is 0 Å². The van der Waals surface area contributed by atoms with E-state index in [9.17, 15) is 0 Å². The Morgan fingerprint density at radius 2 is 2.47 bits per heavy atom. The first kappa shape index (κ1) is 11.7. The Hall–Kier alpha value is -0.420. The highest BCUT2D eigenvalue weighted by Crippen LogP contribution is 2.32. The van der Waals surface area contributed by atoms with Crippen LogP contribution in [0.1, 0.15) is 17.7 Å². The molecule has 1 aromatic rings. The molecule has 0 N–H and O–H groups in total. The molecule has 1 aliphatic carbocycles. The first-order valence-corrected chi connectivity index (χ1v) is 7.17. The Balaban J connectivity index is 1.69. The summed E-state index contributed by atoms with van der Waals surface area (Å²) in [5, 5.41) is 2.15. The van der Waals surface area contributed by atoms with Gasteiger partial charge in [-0.05, 0) is 24.3 Å². The first-order chi connectivity index (χ1) is 8.38. The Kier molecular flexibility index (Phi) is 3.47. The molecule has 2 heterocycles. The highest BCUT2D eigenvalue weighted by molar-refractivity contribution is 7.09. The zero-order chi connectivity index (χ0) is 11.7. The molecule has 0 aromatic carbocycles. The molecule has 4 heteroatoms. The van der Waals surface area contributed by atoms with E-state index in [2.05, 4.69) is 22.4 Å². The summed E-state index contributed by atoms with van der Waals surface area (Å²) < 4.78 is 11.4. The van der Waals surface area contributed by atoms with Crippen molar-refractivity contribution >= 4 is 11.3 Å². The predicted octanol–water partition coefficient (Wildman–Crippen LogP) is 2.13. The SMILES string of the molecule is CO[C@H]1CC[C@H]2[C@H]1OCCN2Cc1cccs1. The van der Waals surface area contributed by atoms with Crippen molar-refractivity contribution in [3.63, 3.8) is 0 Å². The van der Waals surface area contributed by atoms with E-state index in [1.807, 2.05) is 11.3 Å². The molecular formula is C13H19NO2S. The third-order valence-corrected chi connectivity index (χ3v) is 4.75. The maximum Gasteiger partial charge on any atom is 0.0991 e.